The van der Waals surface area contributed by atoms with Crippen LogP contribution in [0.5, 0.6) is 0 Å². The number of aromatic nitrogens is 2. The van der Waals surface area contributed by atoms with Crippen LogP contribution < -0.4 is 4.72 Å². The minimum atomic E-state index is -3.22. The largest absolute Gasteiger partial charge is 0.271 e. The summed E-state index contributed by atoms with van der Waals surface area (Å²) in [4.78, 5) is 0. The van der Waals surface area contributed by atoms with E-state index in [1.165, 1.54) is 0 Å². The van der Waals surface area contributed by atoms with Crippen LogP contribution in [-0.2, 0) is 16.6 Å². The minimum Gasteiger partial charge on any atom is -0.271 e. The molecule has 0 aromatic carbocycles. The molecule has 0 saturated heterocycles. The predicted molar refractivity (Wildman–Crippen MR) is 63.9 cm³/mol. The first kappa shape index (κ1) is 13.5. The van der Waals surface area contributed by atoms with Crippen LogP contribution in [0.25, 0.3) is 0 Å². The molecule has 0 aliphatic rings. The molecule has 0 aliphatic heterocycles. The molecule has 1 rings (SSSR count). The monoisotopic (exact) mass is 265 g/mol. The summed E-state index contributed by atoms with van der Waals surface area (Å²) in [7, 11) is -3.22. The maximum Gasteiger partial charge on any atom is 0.211 e. The summed E-state index contributed by atoms with van der Waals surface area (Å²) >= 11 is 5.45. The molecule has 0 saturated carbocycles. The van der Waals surface area contributed by atoms with Crippen molar-refractivity contribution in [1.82, 2.24) is 14.5 Å². The van der Waals surface area contributed by atoms with Crippen LogP contribution in [0.15, 0.2) is 18.5 Å². The number of sulfonamides is 1. The van der Waals surface area contributed by atoms with Gasteiger partial charge in [0, 0.05) is 24.3 Å². The van der Waals surface area contributed by atoms with E-state index in [2.05, 4.69) is 9.82 Å². The Morgan fingerprint density at radius 1 is 1.56 bits per heavy atom. The molecule has 1 atom stereocenters. The fraction of sp³-hybridized carbons (Fsp3) is 0.667. The average molecular weight is 266 g/mol. The molecule has 1 aromatic heterocycles. The Bertz CT molecular complexity index is 391. The number of nitrogens with zero attached hydrogens (tertiary/aromatic N) is 2. The molecule has 1 N–H and O–H groups in total. The van der Waals surface area contributed by atoms with Gasteiger partial charge in [0.05, 0.1) is 12.3 Å². The Morgan fingerprint density at radius 2 is 2.31 bits per heavy atom. The lowest BCUT2D eigenvalue weighted by Gasteiger charge is -2.13. The normalized spacial score (nSPS) is 13.9. The highest BCUT2D eigenvalue weighted by Gasteiger charge is 2.14. The van der Waals surface area contributed by atoms with Gasteiger partial charge in [-0.1, -0.05) is 0 Å². The van der Waals surface area contributed by atoms with Crippen molar-refractivity contribution in [2.24, 2.45) is 0 Å². The fourth-order valence-electron chi connectivity index (χ4n) is 1.34. The molecule has 0 spiro atoms. The summed E-state index contributed by atoms with van der Waals surface area (Å²) in [6.45, 7) is 2.33. The van der Waals surface area contributed by atoms with Gasteiger partial charge in [0.15, 0.2) is 0 Å². The van der Waals surface area contributed by atoms with Crippen molar-refractivity contribution in [1.29, 1.82) is 0 Å². The third-order valence-electron chi connectivity index (χ3n) is 1.95. The molecule has 16 heavy (non-hydrogen) atoms. The van der Waals surface area contributed by atoms with E-state index >= 15 is 0 Å². The first-order chi connectivity index (χ1) is 7.53. The van der Waals surface area contributed by atoms with Crippen molar-refractivity contribution in [3.8, 4) is 0 Å². The topological polar surface area (TPSA) is 64.0 Å². The van der Waals surface area contributed by atoms with Crippen molar-refractivity contribution in [2.45, 2.75) is 25.9 Å². The van der Waals surface area contributed by atoms with Crippen molar-refractivity contribution in [3.05, 3.63) is 18.5 Å². The van der Waals surface area contributed by atoms with Gasteiger partial charge in [0.2, 0.25) is 10.0 Å². The van der Waals surface area contributed by atoms with Crippen molar-refractivity contribution >= 4 is 21.6 Å². The molecule has 1 aromatic rings. The van der Waals surface area contributed by atoms with Gasteiger partial charge >= 0.3 is 0 Å². The second-order valence-electron chi connectivity index (χ2n) is 3.61. The van der Waals surface area contributed by atoms with Gasteiger partial charge in [0.1, 0.15) is 0 Å². The number of nitrogens with one attached hydrogen (secondary N) is 1. The van der Waals surface area contributed by atoms with Gasteiger partial charge in [-0.25, -0.2) is 13.1 Å². The lowest BCUT2D eigenvalue weighted by Crippen LogP contribution is -2.37. The second-order valence-corrected chi connectivity index (χ2v) is 5.86. The first-order valence-corrected chi connectivity index (χ1v) is 7.25. The van der Waals surface area contributed by atoms with Gasteiger partial charge in [0.25, 0.3) is 0 Å². The van der Waals surface area contributed by atoms with Gasteiger partial charge in [-0.15, -0.1) is 11.6 Å². The van der Waals surface area contributed by atoms with E-state index in [4.69, 9.17) is 11.6 Å². The van der Waals surface area contributed by atoms with E-state index in [1.54, 1.807) is 30.1 Å². The van der Waals surface area contributed by atoms with Crippen LogP contribution in [-0.4, -0.2) is 35.9 Å². The van der Waals surface area contributed by atoms with E-state index in [9.17, 15) is 8.42 Å². The summed E-state index contributed by atoms with van der Waals surface area (Å²) in [6, 6.07) is 1.62. The molecule has 92 valence electrons. The molecule has 1 unspecified atom stereocenters. The summed E-state index contributed by atoms with van der Waals surface area (Å²) < 4.78 is 27.3. The summed E-state index contributed by atoms with van der Waals surface area (Å²) in [5.41, 5.74) is 0. The number of hydrogen-bond donors (Lipinski definition) is 1. The van der Waals surface area contributed by atoms with E-state index in [0.29, 0.717) is 18.8 Å². The Labute approximate surface area is 101 Å². The van der Waals surface area contributed by atoms with Crippen molar-refractivity contribution < 1.29 is 8.42 Å². The van der Waals surface area contributed by atoms with Crippen LogP contribution in [0.1, 0.15) is 13.3 Å². The SMILES string of the molecule is CC(Cn1cccn1)NS(=O)(=O)CCCCl. The van der Waals surface area contributed by atoms with Gasteiger partial charge in [-0.3, -0.25) is 4.68 Å². The zero-order chi connectivity index (χ0) is 12.0. The molecular weight excluding hydrogens is 250 g/mol. The zero-order valence-electron chi connectivity index (χ0n) is 9.13. The predicted octanol–water partition coefficient (Wildman–Crippen LogP) is 0.820. The van der Waals surface area contributed by atoms with Gasteiger partial charge in [-0.05, 0) is 19.4 Å². The summed E-state index contributed by atoms with van der Waals surface area (Å²) in [6.07, 6.45) is 3.92. The molecular formula is C9H16ClN3O2S. The number of alkyl halides is 1. The van der Waals surface area contributed by atoms with Crippen LogP contribution in [0, 0.1) is 0 Å². The maximum atomic E-state index is 11.5. The lowest BCUT2D eigenvalue weighted by atomic mass is 10.4. The third-order valence-corrected chi connectivity index (χ3v) is 3.80. The molecule has 5 nitrogen and oxygen atoms in total. The van der Waals surface area contributed by atoms with Crippen molar-refractivity contribution in [3.63, 3.8) is 0 Å². The fourth-order valence-corrected chi connectivity index (χ4v) is 2.96. The Morgan fingerprint density at radius 3 is 2.88 bits per heavy atom. The Balaban J connectivity index is 2.41. The van der Waals surface area contributed by atoms with Gasteiger partial charge < -0.3 is 0 Å². The molecule has 1 heterocycles. The number of rotatable bonds is 7. The second kappa shape index (κ2) is 6.22. The van der Waals surface area contributed by atoms with Gasteiger partial charge in [-0.2, -0.15) is 5.10 Å². The smallest absolute Gasteiger partial charge is 0.211 e. The standard InChI is InChI=1S/C9H16ClN3O2S/c1-9(8-13-6-3-5-11-13)12-16(14,15)7-2-4-10/h3,5-6,9,12H,2,4,7-8H2,1H3. The maximum absolute atomic E-state index is 11.5. The lowest BCUT2D eigenvalue weighted by molar-refractivity contribution is 0.493. The van der Waals surface area contributed by atoms with Crippen molar-refractivity contribution in [2.75, 3.05) is 11.6 Å². The van der Waals surface area contributed by atoms with E-state index in [0.717, 1.165) is 0 Å². The zero-order valence-corrected chi connectivity index (χ0v) is 10.7. The summed E-state index contributed by atoms with van der Waals surface area (Å²) in [5.74, 6) is 0.425. The molecule has 0 aliphatic carbocycles. The first-order valence-electron chi connectivity index (χ1n) is 5.07. The average Bonchev–Trinajstić information content (AvgIpc) is 2.66. The van der Waals surface area contributed by atoms with E-state index in [1.807, 2.05) is 0 Å². The molecule has 0 fully saturated rings. The molecule has 7 heteroatoms. The Kier molecular flexibility index (Phi) is 5.24. The van der Waals surface area contributed by atoms with E-state index in [-0.39, 0.29) is 11.8 Å². The molecule has 0 bridgehead atoms. The van der Waals surface area contributed by atoms with E-state index < -0.39 is 10.0 Å². The van der Waals surface area contributed by atoms with Crippen LogP contribution in [0.2, 0.25) is 0 Å². The molecule has 0 radical (unpaired) electrons. The quantitative estimate of drug-likeness (QED) is 0.743. The Hall–Kier alpha value is -0.590. The highest BCUT2D eigenvalue weighted by atomic mass is 35.5. The minimum absolute atomic E-state index is 0.0694. The van der Waals surface area contributed by atoms with Crippen LogP contribution >= 0.6 is 11.6 Å². The highest BCUT2D eigenvalue weighted by Crippen LogP contribution is 1.97. The third kappa shape index (κ3) is 4.96. The number of hydrogen-bond acceptors (Lipinski definition) is 3. The number of halogens is 1. The highest BCUT2D eigenvalue weighted by molar-refractivity contribution is 7.89. The van der Waals surface area contributed by atoms with Crippen LogP contribution in [0.4, 0.5) is 0 Å². The van der Waals surface area contributed by atoms with Crippen LogP contribution in [0.3, 0.4) is 0 Å². The summed E-state index contributed by atoms with van der Waals surface area (Å²) in [5, 5.41) is 4.01. The molecule has 0 amide bonds.